The van der Waals surface area contributed by atoms with Crippen molar-refractivity contribution in [2.24, 2.45) is 0 Å². The highest BCUT2D eigenvalue weighted by atomic mass is 32.2. The van der Waals surface area contributed by atoms with E-state index < -0.39 is 34.2 Å². The molecule has 0 aromatic heterocycles. The van der Waals surface area contributed by atoms with Crippen molar-refractivity contribution >= 4 is 22.6 Å². The van der Waals surface area contributed by atoms with Crippen molar-refractivity contribution in [1.29, 1.82) is 0 Å². The summed E-state index contributed by atoms with van der Waals surface area (Å²) >= 11 is 0. The minimum absolute atomic E-state index is 0.00617. The minimum atomic E-state index is -4.21. The van der Waals surface area contributed by atoms with Gasteiger partial charge in [-0.3, -0.25) is 4.18 Å². The number of carbonyl (C=O) groups excluding carboxylic acids is 2. The van der Waals surface area contributed by atoms with Crippen molar-refractivity contribution in [3.63, 3.8) is 0 Å². The molecule has 190 valence electrons. The van der Waals surface area contributed by atoms with E-state index in [2.05, 4.69) is 0 Å². The number of benzene rings is 1. The maximum Gasteiger partial charge on any atom is 0.508 e. The van der Waals surface area contributed by atoms with Gasteiger partial charge in [0.2, 0.25) is 0 Å². The summed E-state index contributed by atoms with van der Waals surface area (Å²) in [5.74, 6) is 0. The molecule has 0 radical (unpaired) electrons. The van der Waals surface area contributed by atoms with Gasteiger partial charge in [-0.15, -0.1) is 0 Å². The number of nitrogens with zero attached hydrogens (tertiary/aromatic N) is 1. The Morgan fingerprint density at radius 1 is 1.06 bits per heavy atom. The molecule has 11 heteroatoms. The normalized spacial score (nSPS) is 24.8. The van der Waals surface area contributed by atoms with Crippen molar-refractivity contribution in [2.75, 3.05) is 13.2 Å². The van der Waals surface area contributed by atoms with Gasteiger partial charge < -0.3 is 18.9 Å². The zero-order chi connectivity index (χ0) is 24.8. The molecule has 3 rings (SSSR count). The first kappa shape index (κ1) is 26.2. The van der Waals surface area contributed by atoms with Crippen molar-refractivity contribution in [3.05, 3.63) is 35.9 Å². The van der Waals surface area contributed by atoms with Crippen molar-refractivity contribution < 1.29 is 41.1 Å². The smallest absolute Gasteiger partial charge is 0.443 e. The van der Waals surface area contributed by atoms with Gasteiger partial charge >= 0.3 is 22.6 Å². The van der Waals surface area contributed by atoms with E-state index >= 15 is 0 Å². The summed E-state index contributed by atoms with van der Waals surface area (Å²) in [7, 11) is -4.21. The summed E-state index contributed by atoms with van der Waals surface area (Å²) in [6, 6.07) is 8.56. The van der Waals surface area contributed by atoms with E-state index in [1.807, 2.05) is 30.3 Å². The standard InChI is InChI=1S/C23H33NO9S/c1-23(2,3)33-21(25)24-18(16-31-34(24,27)28)15-29-19-10-7-11-20(13-12-19)32-22(26)30-14-17-8-5-4-6-9-17/h4-6,8-9,18-20H,7,10-16H2,1-3H3/t18-,19-,20-/m1/s1. The van der Waals surface area contributed by atoms with Gasteiger partial charge in [0.15, 0.2) is 0 Å². The second-order valence-corrected chi connectivity index (χ2v) is 10.9. The molecule has 0 N–H and O–H groups in total. The molecule has 1 aliphatic heterocycles. The molecule has 0 spiro atoms. The number of hydrogen-bond acceptors (Lipinski definition) is 9. The van der Waals surface area contributed by atoms with Gasteiger partial charge in [-0.25, -0.2) is 9.59 Å². The van der Waals surface area contributed by atoms with Gasteiger partial charge in [-0.2, -0.15) is 12.7 Å². The van der Waals surface area contributed by atoms with Crippen LogP contribution in [0.2, 0.25) is 0 Å². The molecule has 1 aliphatic carbocycles. The maximum absolute atomic E-state index is 12.4. The Morgan fingerprint density at radius 2 is 1.74 bits per heavy atom. The highest BCUT2D eigenvalue weighted by Gasteiger charge is 2.45. The SMILES string of the molecule is CC(C)(C)OC(=O)N1[C@H](CO[C@@H]2CCC[C@@H](OC(=O)OCc3ccccc3)CC2)COS1(=O)=O. The predicted molar refractivity (Wildman–Crippen MR) is 121 cm³/mol. The zero-order valence-corrected chi connectivity index (χ0v) is 20.6. The molecule has 0 unspecified atom stereocenters. The fraction of sp³-hybridized carbons (Fsp3) is 0.652. The monoisotopic (exact) mass is 499 g/mol. The molecule has 1 heterocycles. The first-order chi connectivity index (χ1) is 16.0. The lowest BCUT2D eigenvalue weighted by molar-refractivity contribution is -0.00243. The van der Waals surface area contributed by atoms with E-state index in [1.165, 1.54) is 0 Å². The summed E-state index contributed by atoms with van der Waals surface area (Å²) in [4.78, 5) is 24.5. The van der Waals surface area contributed by atoms with Gasteiger partial charge in [0, 0.05) is 0 Å². The number of hydrogen-bond donors (Lipinski definition) is 0. The molecule has 0 bridgehead atoms. The average Bonchev–Trinajstić information content (AvgIpc) is 2.91. The van der Waals surface area contributed by atoms with Gasteiger partial charge in [0.25, 0.3) is 0 Å². The lowest BCUT2D eigenvalue weighted by Crippen LogP contribution is -2.45. The molecular formula is C23H33NO9S. The fourth-order valence-corrected chi connectivity index (χ4v) is 4.94. The quantitative estimate of drug-likeness (QED) is 0.424. The third-order valence-corrected chi connectivity index (χ3v) is 6.77. The first-order valence-electron chi connectivity index (χ1n) is 11.4. The molecule has 34 heavy (non-hydrogen) atoms. The summed E-state index contributed by atoms with van der Waals surface area (Å²) in [6.45, 7) is 4.92. The van der Waals surface area contributed by atoms with E-state index in [1.54, 1.807) is 20.8 Å². The van der Waals surface area contributed by atoms with Gasteiger partial charge in [-0.05, 0) is 58.4 Å². The van der Waals surface area contributed by atoms with Crippen LogP contribution in [0.3, 0.4) is 0 Å². The third kappa shape index (κ3) is 7.85. The molecule has 1 amide bonds. The topological polar surface area (TPSA) is 118 Å². The van der Waals surface area contributed by atoms with Crippen LogP contribution in [-0.2, 0) is 40.0 Å². The van der Waals surface area contributed by atoms with Gasteiger partial charge in [-0.1, -0.05) is 30.3 Å². The molecule has 10 nitrogen and oxygen atoms in total. The van der Waals surface area contributed by atoms with E-state index in [9.17, 15) is 18.0 Å². The Kier molecular flexibility index (Phi) is 8.78. The molecule has 1 saturated carbocycles. The second kappa shape index (κ2) is 11.4. The van der Waals surface area contributed by atoms with Crippen molar-refractivity contribution in [2.45, 2.75) is 83.3 Å². The Morgan fingerprint density at radius 3 is 2.44 bits per heavy atom. The van der Waals surface area contributed by atoms with Gasteiger partial charge in [0.05, 0.1) is 19.3 Å². The van der Waals surface area contributed by atoms with Crippen LogP contribution in [0.1, 0.15) is 58.4 Å². The van der Waals surface area contributed by atoms with E-state index in [0.29, 0.717) is 23.6 Å². The van der Waals surface area contributed by atoms with E-state index in [0.717, 1.165) is 18.4 Å². The summed E-state index contributed by atoms with van der Waals surface area (Å²) in [5, 5.41) is 0. The number of carbonyl (C=O) groups is 2. The molecule has 3 atom stereocenters. The van der Waals surface area contributed by atoms with Crippen LogP contribution in [-0.4, -0.2) is 62.0 Å². The highest BCUT2D eigenvalue weighted by Crippen LogP contribution is 2.26. The largest absolute Gasteiger partial charge is 0.508 e. The van der Waals surface area contributed by atoms with Crippen LogP contribution in [0, 0.1) is 0 Å². The molecule has 2 aliphatic rings. The Balaban J connectivity index is 1.44. The van der Waals surface area contributed by atoms with Crippen LogP contribution in [0.5, 0.6) is 0 Å². The summed E-state index contributed by atoms with van der Waals surface area (Å²) in [6.07, 6.45) is 1.30. The number of ether oxygens (including phenoxy) is 4. The van der Waals surface area contributed by atoms with Crippen LogP contribution < -0.4 is 0 Å². The second-order valence-electron chi connectivity index (χ2n) is 9.40. The summed E-state index contributed by atoms with van der Waals surface area (Å²) in [5.41, 5.74) is 0.0335. The zero-order valence-electron chi connectivity index (χ0n) is 19.8. The molecule has 1 aromatic carbocycles. The van der Waals surface area contributed by atoms with Crippen LogP contribution >= 0.6 is 0 Å². The maximum atomic E-state index is 12.4. The van der Waals surface area contributed by atoms with Crippen LogP contribution in [0.4, 0.5) is 9.59 Å². The molecule has 2 fully saturated rings. The van der Waals surface area contributed by atoms with Crippen LogP contribution in [0.15, 0.2) is 30.3 Å². The van der Waals surface area contributed by atoms with Gasteiger partial charge in [0.1, 0.15) is 24.4 Å². The number of amides is 1. The molecular weight excluding hydrogens is 466 g/mol. The summed E-state index contributed by atoms with van der Waals surface area (Å²) < 4.78 is 51.6. The predicted octanol–water partition coefficient (Wildman–Crippen LogP) is 3.94. The Bertz CT molecular complexity index is 930. The van der Waals surface area contributed by atoms with Crippen LogP contribution in [0.25, 0.3) is 0 Å². The van der Waals surface area contributed by atoms with Crippen molar-refractivity contribution in [1.82, 2.24) is 4.31 Å². The molecule has 1 saturated heterocycles. The Hall–Kier alpha value is -2.37. The first-order valence-corrected chi connectivity index (χ1v) is 12.8. The average molecular weight is 500 g/mol. The minimum Gasteiger partial charge on any atom is -0.443 e. The highest BCUT2D eigenvalue weighted by molar-refractivity contribution is 7.85. The van der Waals surface area contributed by atoms with E-state index in [4.69, 9.17) is 23.1 Å². The number of rotatable bonds is 6. The Labute approximate surface area is 200 Å². The fourth-order valence-electron chi connectivity index (χ4n) is 3.79. The van der Waals surface area contributed by atoms with E-state index in [-0.39, 0.29) is 32.0 Å². The third-order valence-electron chi connectivity index (χ3n) is 5.40. The molecule has 1 aromatic rings. The van der Waals surface area contributed by atoms with Crippen molar-refractivity contribution in [3.8, 4) is 0 Å². The lowest BCUT2D eigenvalue weighted by Gasteiger charge is -2.26. The lowest BCUT2D eigenvalue weighted by atomic mass is 10.1.